The van der Waals surface area contributed by atoms with Crippen LogP contribution >= 0.6 is 0 Å². The van der Waals surface area contributed by atoms with E-state index >= 15 is 0 Å². The molecule has 0 saturated heterocycles. The monoisotopic (exact) mass is 411 g/mol. The van der Waals surface area contributed by atoms with E-state index in [4.69, 9.17) is 15.3 Å². The van der Waals surface area contributed by atoms with Gasteiger partial charge in [0.2, 0.25) is 0 Å². The zero-order valence-corrected chi connectivity index (χ0v) is 17.8. The normalized spacial score (nSPS) is 8.47. The van der Waals surface area contributed by atoms with E-state index < -0.39 is 13.3 Å². The number of hydrogen-bond donors (Lipinski definition) is 3. The van der Waals surface area contributed by atoms with Crippen LogP contribution in [0, 0.1) is 0 Å². The van der Waals surface area contributed by atoms with E-state index in [1.165, 1.54) is 0 Å². The van der Waals surface area contributed by atoms with Gasteiger partial charge in [-0.05, 0) is 20.8 Å². The van der Waals surface area contributed by atoms with Crippen molar-refractivity contribution in [2.24, 2.45) is 0 Å². The van der Waals surface area contributed by atoms with Crippen LogP contribution in [0.5, 0.6) is 0 Å². The SMILES string of the molecule is CCO.CCO.CCO.[CH3][Ge]([CH3])([CH3])[c-]1cccc1.[Zr]. The molecule has 0 spiro atoms. The summed E-state index contributed by atoms with van der Waals surface area (Å²) in [6, 6.07) is 8.76. The molecule has 0 atom stereocenters. The number of aliphatic hydroxyl groups is 3. The summed E-state index contributed by atoms with van der Waals surface area (Å²) in [5.74, 6) is 7.24. The Kier molecular flexibility index (Phi) is 30.8. The van der Waals surface area contributed by atoms with Gasteiger partial charge in [-0.25, -0.2) is 0 Å². The minimum Gasteiger partial charge on any atom is 0 e. The van der Waals surface area contributed by atoms with E-state index in [9.17, 15) is 0 Å². The Hall–Kier alpha value is 0.656. The Balaban J connectivity index is -0.0000000956. The van der Waals surface area contributed by atoms with E-state index in [0.29, 0.717) is 0 Å². The molecule has 0 saturated carbocycles. The quantitative estimate of drug-likeness (QED) is 0.489. The van der Waals surface area contributed by atoms with Crippen molar-refractivity contribution in [3.8, 4) is 0 Å². The molecule has 1 aromatic carbocycles. The van der Waals surface area contributed by atoms with Crippen LogP contribution in [0.15, 0.2) is 24.3 Å². The van der Waals surface area contributed by atoms with Crippen LogP contribution in [0.2, 0.25) is 17.3 Å². The predicted octanol–water partition coefficient (Wildman–Crippen LogP) is 1.94. The van der Waals surface area contributed by atoms with E-state index in [1.807, 2.05) is 0 Å². The third-order valence-corrected chi connectivity index (χ3v) is 5.86. The average molecular weight is 411 g/mol. The molecule has 0 radical (unpaired) electrons. The molecule has 0 aliphatic carbocycles. The smallest absolute Gasteiger partial charge is 0 e. The van der Waals surface area contributed by atoms with Crippen LogP contribution in [0.1, 0.15) is 20.8 Å². The first-order chi connectivity index (χ1) is 8.35. The Bertz CT molecular complexity index is 216. The van der Waals surface area contributed by atoms with E-state index in [1.54, 1.807) is 25.2 Å². The summed E-state index contributed by atoms with van der Waals surface area (Å²) < 4.78 is 1.61. The summed E-state index contributed by atoms with van der Waals surface area (Å²) in [5, 5.41) is 22.7. The molecular formula is C14H31GeO3Zr-. The molecule has 0 aliphatic rings. The third kappa shape index (κ3) is 27.8. The summed E-state index contributed by atoms with van der Waals surface area (Å²) in [5.41, 5.74) is 0. The van der Waals surface area contributed by atoms with E-state index in [0.717, 1.165) is 0 Å². The number of hydrogen-bond acceptors (Lipinski definition) is 3. The van der Waals surface area contributed by atoms with E-state index in [2.05, 4.69) is 41.5 Å². The molecule has 5 heteroatoms. The van der Waals surface area contributed by atoms with Crippen LogP contribution in [-0.4, -0.2) is 48.4 Å². The molecule has 3 nitrogen and oxygen atoms in total. The van der Waals surface area contributed by atoms with E-state index in [-0.39, 0.29) is 46.0 Å². The van der Waals surface area contributed by atoms with Gasteiger partial charge in [0.15, 0.2) is 0 Å². The van der Waals surface area contributed by atoms with Crippen LogP contribution in [0.4, 0.5) is 0 Å². The Morgan fingerprint density at radius 3 is 1.11 bits per heavy atom. The molecule has 0 aromatic heterocycles. The zero-order chi connectivity index (χ0) is 15.0. The maximum absolute atomic E-state index is 7.57. The van der Waals surface area contributed by atoms with Crippen molar-refractivity contribution in [3.05, 3.63) is 24.3 Å². The first kappa shape index (κ1) is 27.9. The van der Waals surface area contributed by atoms with Crippen LogP contribution in [0.25, 0.3) is 0 Å². The van der Waals surface area contributed by atoms with Crippen LogP contribution < -0.4 is 4.40 Å². The fraction of sp³-hybridized carbons (Fsp3) is 0.643. The van der Waals surface area contributed by atoms with Gasteiger partial charge >= 0.3 is 59.2 Å². The molecule has 114 valence electrons. The first-order valence-electron chi connectivity index (χ1n) is 6.40. The van der Waals surface area contributed by atoms with Gasteiger partial charge in [-0.3, -0.25) is 0 Å². The Morgan fingerprint density at radius 2 is 1.00 bits per heavy atom. The third-order valence-electron chi connectivity index (χ3n) is 1.53. The number of aliphatic hydroxyl groups excluding tert-OH is 3. The maximum atomic E-state index is 7.57. The Labute approximate surface area is 140 Å². The molecular weight excluding hydrogens is 380 g/mol. The fourth-order valence-corrected chi connectivity index (χ4v) is 3.38. The van der Waals surface area contributed by atoms with Gasteiger partial charge in [0.05, 0.1) is 0 Å². The van der Waals surface area contributed by atoms with Crippen molar-refractivity contribution in [1.29, 1.82) is 0 Å². The molecule has 3 N–H and O–H groups in total. The topological polar surface area (TPSA) is 60.7 Å². The molecule has 0 fully saturated rings. The molecule has 0 bridgehead atoms. The molecule has 1 rings (SSSR count). The minimum absolute atomic E-state index is 0. The van der Waals surface area contributed by atoms with Gasteiger partial charge in [0.25, 0.3) is 0 Å². The van der Waals surface area contributed by atoms with Gasteiger partial charge in [0.1, 0.15) is 0 Å². The maximum Gasteiger partial charge on any atom is 0 e. The minimum atomic E-state index is -1.44. The molecule has 19 heavy (non-hydrogen) atoms. The van der Waals surface area contributed by atoms with Crippen molar-refractivity contribution >= 4 is 17.7 Å². The second-order valence-electron chi connectivity index (χ2n) is 4.37. The average Bonchev–Trinajstić information content (AvgIpc) is 2.72. The van der Waals surface area contributed by atoms with Gasteiger partial charge in [-0.1, -0.05) is 0 Å². The summed E-state index contributed by atoms with van der Waals surface area (Å²) >= 11 is -1.44. The fourth-order valence-electron chi connectivity index (χ4n) is 0.874. The van der Waals surface area contributed by atoms with Crippen LogP contribution in [0.3, 0.4) is 0 Å². The molecule has 0 aliphatic heterocycles. The van der Waals surface area contributed by atoms with Crippen LogP contribution in [-0.2, 0) is 26.2 Å². The van der Waals surface area contributed by atoms with Crippen molar-refractivity contribution in [2.45, 2.75) is 38.0 Å². The van der Waals surface area contributed by atoms with Gasteiger partial charge < -0.3 is 15.3 Å². The molecule has 0 heterocycles. The molecule has 0 unspecified atom stereocenters. The first-order valence-corrected chi connectivity index (χ1v) is 13.7. The zero-order valence-electron chi connectivity index (χ0n) is 13.3. The summed E-state index contributed by atoms with van der Waals surface area (Å²) in [4.78, 5) is 0. The van der Waals surface area contributed by atoms with Gasteiger partial charge in [-0.15, -0.1) is 0 Å². The summed E-state index contributed by atoms with van der Waals surface area (Å²) in [6.45, 7) is 5.79. The molecule has 1 aromatic rings. The molecule has 0 amide bonds. The van der Waals surface area contributed by atoms with Crippen molar-refractivity contribution in [2.75, 3.05) is 19.8 Å². The van der Waals surface area contributed by atoms with Gasteiger partial charge in [-0.2, -0.15) is 0 Å². The standard InChI is InChI=1S/C8H13Ge.3C2H6O.Zr/c1-9(2,3)8-6-4-5-7-8;3*1-2-3;/h4-7H,1-3H3;3*3H,2H2,1H3;/q-1;;;;. The van der Waals surface area contributed by atoms with Crippen molar-refractivity contribution < 1.29 is 41.5 Å². The number of rotatable bonds is 1. The Morgan fingerprint density at radius 1 is 0.789 bits per heavy atom. The largest absolute Gasteiger partial charge is 0 e. The second kappa shape index (κ2) is 21.0. The van der Waals surface area contributed by atoms with Crippen molar-refractivity contribution in [1.82, 2.24) is 0 Å². The van der Waals surface area contributed by atoms with Crippen molar-refractivity contribution in [3.63, 3.8) is 0 Å². The summed E-state index contributed by atoms with van der Waals surface area (Å²) in [6.07, 6.45) is 0. The predicted molar refractivity (Wildman–Crippen MR) is 83.3 cm³/mol. The van der Waals surface area contributed by atoms with Gasteiger partial charge in [0, 0.05) is 46.0 Å². The summed E-state index contributed by atoms with van der Waals surface area (Å²) in [7, 11) is 0. The second-order valence-corrected chi connectivity index (χ2v) is 15.0.